The maximum atomic E-state index is 11.3. The lowest BCUT2D eigenvalue weighted by Crippen LogP contribution is -2.44. The van der Waals surface area contributed by atoms with Gasteiger partial charge in [-0.3, -0.25) is 4.79 Å². The molecule has 0 aliphatic rings. The van der Waals surface area contributed by atoms with Crippen molar-refractivity contribution in [2.75, 3.05) is 7.11 Å². The summed E-state index contributed by atoms with van der Waals surface area (Å²) in [6.45, 7) is 5.27. The van der Waals surface area contributed by atoms with E-state index in [1.54, 1.807) is 20.8 Å². The van der Waals surface area contributed by atoms with Crippen molar-refractivity contribution < 1.29 is 19.1 Å². The smallest absolute Gasteiger partial charge is 0.408 e. The molecule has 16 heavy (non-hydrogen) atoms. The van der Waals surface area contributed by atoms with Gasteiger partial charge in [0.15, 0.2) is 0 Å². The van der Waals surface area contributed by atoms with Gasteiger partial charge in [-0.1, -0.05) is 0 Å². The highest BCUT2D eigenvalue weighted by Crippen LogP contribution is 2.06. The summed E-state index contributed by atoms with van der Waals surface area (Å²) < 4.78 is 9.44. The van der Waals surface area contributed by atoms with Crippen molar-refractivity contribution in [3.63, 3.8) is 0 Å². The van der Waals surface area contributed by atoms with Crippen LogP contribution in [-0.4, -0.2) is 30.9 Å². The number of nitrogens with one attached hydrogen (secondary N) is 1. The molecule has 0 bridgehead atoms. The highest BCUT2D eigenvalue weighted by molar-refractivity contribution is 5.70. The monoisotopic (exact) mass is 232 g/mol. The minimum Gasteiger partial charge on any atom is -0.469 e. The van der Waals surface area contributed by atoms with E-state index in [1.807, 2.05) is 0 Å². The van der Waals surface area contributed by atoms with E-state index >= 15 is 0 Å². The Balaban J connectivity index is 3.83. The summed E-state index contributed by atoms with van der Waals surface area (Å²) in [4.78, 5) is 22.1. The lowest BCUT2D eigenvalue weighted by Gasteiger charge is -2.21. The van der Waals surface area contributed by atoms with Gasteiger partial charge in [0.25, 0.3) is 0 Å². The number of nitrogens with two attached hydrogens (primary N) is 1. The average Bonchev–Trinajstić information content (AvgIpc) is 2.10. The lowest BCUT2D eigenvalue weighted by atomic mass is 10.2. The molecule has 1 atom stereocenters. The van der Waals surface area contributed by atoms with Crippen molar-refractivity contribution in [3.8, 4) is 0 Å². The van der Waals surface area contributed by atoms with Crippen LogP contribution in [0.3, 0.4) is 0 Å². The highest BCUT2D eigenvalue weighted by atomic mass is 16.6. The Labute approximate surface area is 95.5 Å². The molecule has 0 saturated heterocycles. The minimum atomic E-state index is -0.617. The zero-order valence-electron chi connectivity index (χ0n) is 10.2. The summed E-state index contributed by atoms with van der Waals surface area (Å²) in [5.41, 5.74) is 5.01. The number of methoxy groups -OCH3 is 1. The third kappa shape index (κ3) is 8.05. The molecule has 94 valence electrons. The summed E-state index contributed by atoms with van der Waals surface area (Å²) in [5.74, 6) is -0.360. The summed E-state index contributed by atoms with van der Waals surface area (Å²) in [6, 6.07) is 0. The van der Waals surface area contributed by atoms with Crippen molar-refractivity contribution in [2.45, 2.75) is 45.4 Å². The maximum Gasteiger partial charge on any atom is 0.408 e. The van der Waals surface area contributed by atoms with Gasteiger partial charge >= 0.3 is 12.1 Å². The van der Waals surface area contributed by atoms with Gasteiger partial charge in [-0.2, -0.15) is 0 Å². The largest absolute Gasteiger partial charge is 0.469 e. The molecule has 0 spiro atoms. The number of hydrogen-bond acceptors (Lipinski definition) is 5. The number of amides is 1. The van der Waals surface area contributed by atoms with Gasteiger partial charge in [0.2, 0.25) is 0 Å². The van der Waals surface area contributed by atoms with E-state index in [9.17, 15) is 9.59 Å². The van der Waals surface area contributed by atoms with Crippen molar-refractivity contribution in [2.24, 2.45) is 5.73 Å². The van der Waals surface area contributed by atoms with Crippen molar-refractivity contribution in [1.29, 1.82) is 0 Å². The van der Waals surface area contributed by atoms with E-state index in [4.69, 9.17) is 10.5 Å². The number of alkyl carbamates (subject to hydrolysis) is 1. The molecule has 1 unspecified atom stereocenters. The number of carbonyl (C=O) groups excluding carboxylic acids is 2. The molecule has 0 heterocycles. The van der Waals surface area contributed by atoms with Crippen LogP contribution in [0.15, 0.2) is 0 Å². The molecule has 0 aromatic carbocycles. The first-order valence-corrected chi connectivity index (χ1v) is 5.06. The Morgan fingerprint density at radius 1 is 1.38 bits per heavy atom. The van der Waals surface area contributed by atoms with Crippen LogP contribution >= 0.6 is 0 Å². The van der Waals surface area contributed by atoms with Crippen LogP contribution in [0.25, 0.3) is 0 Å². The fourth-order valence-corrected chi connectivity index (χ4v) is 0.907. The zero-order valence-corrected chi connectivity index (χ0v) is 10.2. The first-order valence-electron chi connectivity index (χ1n) is 5.06. The molecule has 0 saturated carbocycles. The van der Waals surface area contributed by atoms with Crippen molar-refractivity contribution in [1.82, 2.24) is 5.32 Å². The van der Waals surface area contributed by atoms with E-state index in [2.05, 4.69) is 10.1 Å². The topological polar surface area (TPSA) is 90.6 Å². The van der Waals surface area contributed by atoms with E-state index in [-0.39, 0.29) is 12.4 Å². The predicted molar refractivity (Wildman–Crippen MR) is 58.6 cm³/mol. The first kappa shape index (κ1) is 14.7. The summed E-state index contributed by atoms with van der Waals surface area (Å²) in [6.07, 6.45) is -0.738. The van der Waals surface area contributed by atoms with Gasteiger partial charge in [0.05, 0.1) is 13.3 Å². The van der Waals surface area contributed by atoms with E-state index < -0.39 is 17.9 Å². The van der Waals surface area contributed by atoms with Crippen LogP contribution < -0.4 is 11.1 Å². The van der Waals surface area contributed by atoms with Crippen molar-refractivity contribution in [3.05, 3.63) is 0 Å². The third-order valence-corrected chi connectivity index (χ3v) is 1.59. The summed E-state index contributed by atoms with van der Waals surface area (Å²) in [7, 11) is 1.30. The first-order chi connectivity index (χ1) is 7.24. The molecule has 0 fully saturated rings. The molecular weight excluding hydrogens is 212 g/mol. The molecule has 6 heteroatoms. The standard InChI is InChI=1S/C10H20N2O4/c1-10(2,3)16-9(14)12-7(11)5-6-8(13)15-4/h7H,5-6,11H2,1-4H3,(H,12,14). The zero-order chi connectivity index (χ0) is 12.8. The van der Waals surface area contributed by atoms with Crippen LogP contribution in [-0.2, 0) is 14.3 Å². The Morgan fingerprint density at radius 3 is 2.38 bits per heavy atom. The number of carbonyl (C=O) groups is 2. The third-order valence-electron chi connectivity index (χ3n) is 1.59. The van der Waals surface area contributed by atoms with Gasteiger partial charge in [0, 0.05) is 6.42 Å². The average molecular weight is 232 g/mol. The second kappa shape index (κ2) is 6.32. The Morgan fingerprint density at radius 2 is 1.94 bits per heavy atom. The maximum absolute atomic E-state index is 11.3. The second-order valence-electron chi connectivity index (χ2n) is 4.37. The Kier molecular flexibility index (Phi) is 5.81. The molecule has 0 aliphatic carbocycles. The van der Waals surface area contributed by atoms with Gasteiger partial charge in [-0.15, -0.1) is 0 Å². The molecule has 0 aromatic rings. The van der Waals surface area contributed by atoms with Gasteiger partial charge in [-0.05, 0) is 27.2 Å². The molecule has 0 radical (unpaired) electrons. The second-order valence-corrected chi connectivity index (χ2v) is 4.37. The number of rotatable bonds is 4. The highest BCUT2D eigenvalue weighted by Gasteiger charge is 2.18. The van der Waals surface area contributed by atoms with Crippen LogP contribution in [0.1, 0.15) is 33.6 Å². The van der Waals surface area contributed by atoms with Crippen molar-refractivity contribution >= 4 is 12.1 Å². The van der Waals surface area contributed by atoms with E-state index in [0.29, 0.717) is 6.42 Å². The molecule has 6 nitrogen and oxygen atoms in total. The van der Waals surface area contributed by atoms with Crippen LogP contribution in [0, 0.1) is 0 Å². The molecule has 0 rings (SSSR count). The van der Waals surface area contributed by atoms with E-state index in [1.165, 1.54) is 7.11 Å². The number of hydrogen-bond donors (Lipinski definition) is 2. The minimum absolute atomic E-state index is 0.160. The van der Waals surface area contributed by atoms with E-state index in [0.717, 1.165) is 0 Å². The normalized spacial score (nSPS) is 12.8. The van der Waals surface area contributed by atoms with Crippen LogP contribution in [0.2, 0.25) is 0 Å². The fourth-order valence-electron chi connectivity index (χ4n) is 0.907. The number of esters is 1. The predicted octanol–water partition coefficient (Wildman–Crippen LogP) is 0.749. The fraction of sp³-hybridized carbons (Fsp3) is 0.800. The van der Waals surface area contributed by atoms with Gasteiger partial charge in [-0.25, -0.2) is 4.79 Å². The SMILES string of the molecule is COC(=O)CCC(N)NC(=O)OC(C)(C)C. The lowest BCUT2D eigenvalue weighted by molar-refractivity contribution is -0.140. The van der Waals surface area contributed by atoms with Crippen LogP contribution in [0.4, 0.5) is 4.79 Å². The molecule has 1 amide bonds. The summed E-state index contributed by atoms with van der Waals surface area (Å²) >= 11 is 0. The Hall–Kier alpha value is -1.30. The summed E-state index contributed by atoms with van der Waals surface area (Å²) in [5, 5.41) is 2.42. The van der Waals surface area contributed by atoms with Gasteiger partial charge < -0.3 is 20.5 Å². The molecule has 0 aromatic heterocycles. The number of ether oxygens (including phenoxy) is 2. The quantitative estimate of drug-likeness (QED) is 0.551. The molecular formula is C10H20N2O4. The molecule has 0 aliphatic heterocycles. The van der Waals surface area contributed by atoms with Crippen LogP contribution in [0.5, 0.6) is 0 Å². The molecule has 3 N–H and O–H groups in total. The Bertz CT molecular complexity index is 248. The van der Waals surface area contributed by atoms with Gasteiger partial charge in [0.1, 0.15) is 5.60 Å².